The van der Waals surface area contributed by atoms with Crippen LogP contribution in [0, 0.1) is 29.4 Å². The number of halogens is 3. The van der Waals surface area contributed by atoms with Crippen LogP contribution >= 0.6 is 0 Å². The van der Waals surface area contributed by atoms with Crippen molar-refractivity contribution >= 4 is 0 Å². The fourth-order valence-corrected chi connectivity index (χ4v) is 5.23. The Balaban J connectivity index is 1.34. The average Bonchev–Trinajstić information content (AvgIpc) is 2.70. The van der Waals surface area contributed by atoms with Crippen molar-refractivity contribution in [2.24, 2.45) is 17.8 Å². The van der Waals surface area contributed by atoms with E-state index in [1.807, 2.05) is 0 Å². The molecule has 0 heterocycles. The van der Waals surface area contributed by atoms with Gasteiger partial charge in [0, 0.05) is 0 Å². The van der Waals surface area contributed by atoms with Crippen LogP contribution in [0.5, 0.6) is 0 Å². The molecule has 1 aromatic rings. The number of hydrogen-bond acceptors (Lipinski definition) is 0. The lowest BCUT2D eigenvalue weighted by Crippen LogP contribution is -2.18. The Labute approximate surface area is 162 Å². The van der Waals surface area contributed by atoms with Crippen LogP contribution in [0.4, 0.5) is 13.2 Å². The van der Waals surface area contributed by atoms with Crippen molar-refractivity contribution < 1.29 is 13.2 Å². The van der Waals surface area contributed by atoms with E-state index in [-0.39, 0.29) is 0 Å². The number of allylic oxidation sites excluding steroid dienone is 1. The zero-order chi connectivity index (χ0) is 19.1. The molecule has 0 unspecified atom stereocenters. The third kappa shape index (κ3) is 6.12. The smallest absolute Gasteiger partial charge is 0.159 e. The van der Waals surface area contributed by atoms with Gasteiger partial charge < -0.3 is 0 Å². The van der Waals surface area contributed by atoms with Crippen LogP contribution in [0.1, 0.15) is 88.5 Å². The Kier molecular flexibility index (Phi) is 7.84. The van der Waals surface area contributed by atoms with E-state index in [2.05, 4.69) is 0 Å². The molecule has 0 bridgehead atoms. The van der Waals surface area contributed by atoms with E-state index in [4.69, 9.17) is 0 Å². The molecule has 1 aromatic carbocycles. The van der Waals surface area contributed by atoms with Gasteiger partial charge in [0.05, 0.1) is 6.33 Å². The largest absolute Gasteiger partial charge is 0.216 e. The molecule has 0 N–H and O–H groups in total. The van der Waals surface area contributed by atoms with Gasteiger partial charge in [0.1, 0.15) is 0 Å². The fourth-order valence-electron chi connectivity index (χ4n) is 5.23. The van der Waals surface area contributed by atoms with E-state index in [9.17, 15) is 13.2 Å². The van der Waals surface area contributed by atoms with Gasteiger partial charge in [0.15, 0.2) is 11.6 Å². The standard InChI is InChI=1S/C24H33F3/c25-16-2-1-3-18-4-6-19(7-5-18)8-9-20-10-12-21(13-11-20)22-14-15-23(26)24(27)17-22/h2,14-21H,1,3-13H2/b16-2+. The molecule has 3 heteroatoms. The minimum Gasteiger partial charge on any atom is -0.216 e. The first-order valence-electron chi connectivity index (χ1n) is 10.9. The number of hydrogen-bond donors (Lipinski definition) is 0. The van der Waals surface area contributed by atoms with Gasteiger partial charge in [0.25, 0.3) is 0 Å². The topological polar surface area (TPSA) is 0 Å². The van der Waals surface area contributed by atoms with Crippen molar-refractivity contribution in [1.82, 2.24) is 0 Å². The normalized spacial score (nSPS) is 29.3. The maximum atomic E-state index is 13.5. The minimum absolute atomic E-state index is 0.394. The van der Waals surface area contributed by atoms with E-state index >= 15 is 0 Å². The SMILES string of the molecule is F/C=C/CCC1CCC(CCC2CCC(c3ccc(F)c(F)c3)CC2)CC1. The number of benzene rings is 1. The van der Waals surface area contributed by atoms with Crippen molar-refractivity contribution in [3.63, 3.8) is 0 Å². The average molecular weight is 379 g/mol. The molecule has 0 spiro atoms. The summed E-state index contributed by atoms with van der Waals surface area (Å²) in [5.74, 6) is 1.40. The predicted octanol–water partition coefficient (Wildman–Crippen LogP) is 8.09. The summed E-state index contributed by atoms with van der Waals surface area (Å²) in [5.41, 5.74) is 0.966. The van der Waals surface area contributed by atoms with Crippen molar-refractivity contribution in [2.75, 3.05) is 0 Å². The van der Waals surface area contributed by atoms with Gasteiger partial charge in [-0.05, 0) is 79.9 Å². The van der Waals surface area contributed by atoms with Crippen molar-refractivity contribution in [3.8, 4) is 0 Å². The van der Waals surface area contributed by atoms with Crippen molar-refractivity contribution in [3.05, 3.63) is 47.8 Å². The molecule has 27 heavy (non-hydrogen) atoms. The minimum atomic E-state index is -0.749. The highest BCUT2D eigenvalue weighted by Gasteiger charge is 2.25. The molecule has 2 aliphatic rings. The monoisotopic (exact) mass is 378 g/mol. The molecule has 2 aliphatic carbocycles. The lowest BCUT2D eigenvalue weighted by atomic mass is 9.74. The predicted molar refractivity (Wildman–Crippen MR) is 105 cm³/mol. The van der Waals surface area contributed by atoms with Gasteiger partial charge in [0.2, 0.25) is 0 Å². The van der Waals surface area contributed by atoms with Gasteiger partial charge in [-0.2, -0.15) is 0 Å². The highest BCUT2D eigenvalue weighted by molar-refractivity contribution is 5.22. The lowest BCUT2D eigenvalue weighted by Gasteiger charge is -2.32. The second-order valence-electron chi connectivity index (χ2n) is 8.79. The molecule has 2 fully saturated rings. The molecule has 0 aliphatic heterocycles. The molecule has 0 nitrogen and oxygen atoms in total. The number of rotatable bonds is 7. The second kappa shape index (κ2) is 10.3. The summed E-state index contributed by atoms with van der Waals surface area (Å²) in [6.07, 6.45) is 17.0. The van der Waals surface area contributed by atoms with Crippen molar-refractivity contribution in [2.45, 2.75) is 83.0 Å². The maximum Gasteiger partial charge on any atom is 0.159 e. The zero-order valence-electron chi connectivity index (χ0n) is 16.3. The van der Waals surface area contributed by atoms with Crippen LogP contribution in [-0.4, -0.2) is 0 Å². The first-order chi connectivity index (χ1) is 13.2. The second-order valence-corrected chi connectivity index (χ2v) is 8.79. The maximum absolute atomic E-state index is 13.5. The van der Waals surface area contributed by atoms with Crippen LogP contribution in [0.15, 0.2) is 30.6 Å². The molecular weight excluding hydrogens is 345 g/mol. The molecule has 0 saturated heterocycles. The highest BCUT2D eigenvalue weighted by Crippen LogP contribution is 2.40. The lowest BCUT2D eigenvalue weighted by molar-refractivity contribution is 0.225. The first-order valence-corrected chi connectivity index (χ1v) is 10.9. The molecule has 0 amide bonds. The summed E-state index contributed by atoms with van der Waals surface area (Å²) < 4.78 is 38.6. The molecule has 0 aromatic heterocycles. The summed E-state index contributed by atoms with van der Waals surface area (Å²) in [6, 6.07) is 4.41. The quantitative estimate of drug-likeness (QED) is 0.450. The van der Waals surface area contributed by atoms with E-state index in [0.717, 1.165) is 49.0 Å². The zero-order valence-corrected chi connectivity index (χ0v) is 16.3. The van der Waals surface area contributed by atoms with Gasteiger partial charge >= 0.3 is 0 Å². The molecular formula is C24H33F3. The van der Waals surface area contributed by atoms with Crippen LogP contribution in [-0.2, 0) is 0 Å². The summed E-state index contributed by atoms with van der Waals surface area (Å²) in [6.45, 7) is 0. The molecule has 3 rings (SSSR count). The summed E-state index contributed by atoms with van der Waals surface area (Å²) in [5, 5.41) is 0. The molecule has 150 valence electrons. The van der Waals surface area contributed by atoms with Crippen LogP contribution in [0.25, 0.3) is 0 Å². The Hall–Kier alpha value is -1.25. The van der Waals surface area contributed by atoms with Crippen LogP contribution in [0.2, 0.25) is 0 Å². The molecule has 2 saturated carbocycles. The summed E-state index contributed by atoms with van der Waals surface area (Å²) in [4.78, 5) is 0. The van der Waals surface area contributed by atoms with Gasteiger partial charge in [-0.3, -0.25) is 0 Å². The van der Waals surface area contributed by atoms with E-state index in [1.54, 1.807) is 12.1 Å². The Morgan fingerprint density at radius 2 is 1.30 bits per heavy atom. The van der Waals surface area contributed by atoms with Gasteiger partial charge in [-0.1, -0.05) is 50.7 Å². The van der Waals surface area contributed by atoms with Crippen molar-refractivity contribution in [1.29, 1.82) is 0 Å². The van der Waals surface area contributed by atoms with E-state index < -0.39 is 11.6 Å². The highest BCUT2D eigenvalue weighted by atomic mass is 19.2. The van der Waals surface area contributed by atoms with Crippen LogP contribution in [0.3, 0.4) is 0 Å². The third-order valence-corrected chi connectivity index (χ3v) is 7.04. The van der Waals surface area contributed by atoms with Gasteiger partial charge in [-0.15, -0.1) is 0 Å². The Morgan fingerprint density at radius 3 is 1.85 bits per heavy atom. The molecule has 0 radical (unpaired) electrons. The fraction of sp³-hybridized carbons (Fsp3) is 0.667. The summed E-state index contributed by atoms with van der Waals surface area (Å²) in [7, 11) is 0. The Bertz CT molecular complexity index is 594. The van der Waals surface area contributed by atoms with Gasteiger partial charge in [-0.25, -0.2) is 13.2 Å². The van der Waals surface area contributed by atoms with E-state index in [0.29, 0.717) is 12.2 Å². The Morgan fingerprint density at radius 1 is 0.741 bits per heavy atom. The van der Waals surface area contributed by atoms with Crippen LogP contribution < -0.4 is 0 Å². The summed E-state index contributed by atoms with van der Waals surface area (Å²) >= 11 is 0. The first kappa shape index (κ1) is 20.5. The van der Waals surface area contributed by atoms with E-state index in [1.165, 1.54) is 63.5 Å². The molecule has 0 atom stereocenters. The third-order valence-electron chi connectivity index (χ3n) is 7.04.